The fraction of sp³-hybridized carbons (Fsp3) is 0.147. The van der Waals surface area contributed by atoms with Gasteiger partial charge in [0, 0.05) is 28.7 Å². The van der Waals surface area contributed by atoms with E-state index in [1.165, 1.54) is 24.3 Å². The molecular formula is C34H33N5O7S. The second-order valence-corrected chi connectivity index (χ2v) is 12.0. The molecule has 0 aliphatic heterocycles. The minimum absolute atomic E-state index is 0.0835. The number of rotatable bonds is 11. The molecule has 5 aromatic rings. The van der Waals surface area contributed by atoms with E-state index in [9.17, 15) is 18.0 Å². The van der Waals surface area contributed by atoms with Crippen molar-refractivity contribution in [3.63, 3.8) is 0 Å². The third-order valence-corrected chi connectivity index (χ3v) is 8.34. The highest BCUT2D eigenvalue weighted by atomic mass is 32.2. The summed E-state index contributed by atoms with van der Waals surface area (Å²) in [5, 5.41) is 3.80. The third-order valence-electron chi connectivity index (χ3n) is 6.98. The number of nitrogens with zero attached hydrogens (tertiary/aromatic N) is 1. The number of aliphatic imine (C=N–C) groups is 1. The molecule has 0 aliphatic rings. The van der Waals surface area contributed by atoms with Gasteiger partial charge in [-0.1, -0.05) is 25.1 Å². The minimum atomic E-state index is -4.26. The molecule has 5 rings (SSSR count). The van der Waals surface area contributed by atoms with Gasteiger partial charge in [-0.05, 0) is 91.3 Å². The average molecular weight is 656 g/mol. The summed E-state index contributed by atoms with van der Waals surface area (Å²) in [4.78, 5) is 29.7. The van der Waals surface area contributed by atoms with Crippen molar-refractivity contribution in [2.24, 2.45) is 10.7 Å². The van der Waals surface area contributed by atoms with E-state index in [0.717, 1.165) is 5.76 Å². The Bertz CT molecular complexity index is 2030. The number of ether oxygens (including phenoxy) is 2. The average Bonchev–Trinajstić information content (AvgIpc) is 3.48. The van der Waals surface area contributed by atoms with E-state index in [4.69, 9.17) is 25.4 Å². The van der Waals surface area contributed by atoms with Crippen molar-refractivity contribution in [2.45, 2.75) is 31.2 Å². The molecule has 12 nitrogen and oxygen atoms in total. The first-order chi connectivity index (χ1) is 22.6. The molecule has 47 heavy (non-hydrogen) atoms. The number of amidine groups is 1. The van der Waals surface area contributed by atoms with Crippen LogP contribution in [0.25, 0.3) is 11.0 Å². The number of hydrogen-bond donors (Lipinski definition) is 4. The van der Waals surface area contributed by atoms with Gasteiger partial charge in [-0.25, -0.2) is 17.9 Å². The Balaban J connectivity index is 1.45. The smallest absolute Gasteiger partial charge is 0.441 e. The number of carbonyl (C=O) groups excluding carboxylic acids is 2. The van der Waals surface area contributed by atoms with E-state index < -0.39 is 28.1 Å². The molecule has 1 atom stereocenters. The molecule has 6 N–H and O–H groups in total. The van der Waals surface area contributed by atoms with E-state index in [1.54, 1.807) is 66.7 Å². The molecule has 2 amide bonds. The van der Waals surface area contributed by atoms with Gasteiger partial charge in [-0.3, -0.25) is 4.79 Å². The maximum absolute atomic E-state index is 13.8. The number of sulfonamides is 1. The number of carbonyl (C=O) groups is 2. The van der Waals surface area contributed by atoms with Gasteiger partial charge in [0.15, 0.2) is 11.3 Å². The number of benzene rings is 4. The van der Waals surface area contributed by atoms with E-state index in [1.807, 2.05) is 19.9 Å². The van der Waals surface area contributed by atoms with Crippen molar-refractivity contribution < 1.29 is 31.9 Å². The number of nitrogen functional groups attached to an aromatic ring is 1. The van der Waals surface area contributed by atoms with Crippen LogP contribution < -0.4 is 31.0 Å². The third kappa shape index (κ3) is 7.89. The Kier molecular flexibility index (Phi) is 9.76. The summed E-state index contributed by atoms with van der Waals surface area (Å²) in [6.45, 7) is 4.10. The van der Waals surface area contributed by atoms with Crippen LogP contribution in [0.4, 0.5) is 16.2 Å². The van der Waals surface area contributed by atoms with Gasteiger partial charge in [0.2, 0.25) is 0 Å². The number of hydrogen-bond acceptors (Lipinski definition) is 9. The standard InChI is InChI=1S/C34H33N5O7S/c1-3-26-19-23-18-22(20-29(44-4-2)31(23)45-26)30(33(40)39-47(42,43)28-16-12-24(35)13-17-28)37-25-14-10-21(11-15-25)32(36)38-34(41)46-27-8-6-5-7-9-27/h5-20,30,37H,3-4,35H2,1-2H3,(H,39,40)(H2,36,38,41)/t30-/m1/s1. The summed E-state index contributed by atoms with van der Waals surface area (Å²) < 4.78 is 45.5. The number of fused-ring (bicyclic) bond motifs is 1. The normalized spacial score (nSPS) is 12.3. The molecule has 4 aromatic carbocycles. The van der Waals surface area contributed by atoms with Gasteiger partial charge in [0.25, 0.3) is 15.9 Å². The van der Waals surface area contributed by atoms with Crippen LogP contribution in [0.15, 0.2) is 111 Å². The summed E-state index contributed by atoms with van der Waals surface area (Å²) >= 11 is 0. The first kappa shape index (κ1) is 32.6. The van der Waals surface area contributed by atoms with E-state index >= 15 is 0 Å². The van der Waals surface area contributed by atoms with Crippen LogP contribution in [0.5, 0.6) is 11.5 Å². The SMILES string of the molecule is CCOc1cc([C@@H](Nc2ccc(C(N)=NC(=O)Oc3ccccc3)cc2)C(=O)NS(=O)(=O)c2ccc(N)cc2)cc2cc(CC)oc12. The van der Waals surface area contributed by atoms with Crippen molar-refractivity contribution in [3.8, 4) is 11.5 Å². The van der Waals surface area contributed by atoms with Crippen molar-refractivity contribution in [3.05, 3.63) is 114 Å². The number of aryl methyl sites for hydroxylation is 1. The quantitative estimate of drug-likeness (QED) is 0.0799. The molecule has 1 heterocycles. The molecule has 0 radical (unpaired) electrons. The predicted molar refractivity (Wildman–Crippen MR) is 179 cm³/mol. The lowest BCUT2D eigenvalue weighted by Crippen LogP contribution is -2.37. The van der Waals surface area contributed by atoms with Gasteiger partial charge in [0.05, 0.1) is 11.5 Å². The van der Waals surface area contributed by atoms with E-state index in [-0.39, 0.29) is 10.7 Å². The zero-order valence-corrected chi connectivity index (χ0v) is 26.4. The minimum Gasteiger partial charge on any atom is -0.490 e. The van der Waals surface area contributed by atoms with Crippen LogP contribution in [0.1, 0.15) is 36.8 Å². The summed E-state index contributed by atoms with van der Waals surface area (Å²) in [7, 11) is -4.26. The zero-order chi connectivity index (χ0) is 33.6. The van der Waals surface area contributed by atoms with E-state index in [0.29, 0.717) is 58.0 Å². The fourth-order valence-electron chi connectivity index (χ4n) is 4.68. The molecular weight excluding hydrogens is 622 g/mol. The van der Waals surface area contributed by atoms with Gasteiger partial charge in [-0.15, -0.1) is 0 Å². The van der Waals surface area contributed by atoms with Crippen molar-refractivity contribution in [1.82, 2.24) is 4.72 Å². The molecule has 0 saturated heterocycles. The number of furan rings is 1. The molecule has 0 unspecified atom stereocenters. The Hall–Kier alpha value is -5.82. The highest BCUT2D eigenvalue weighted by molar-refractivity contribution is 7.90. The molecule has 0 saturated carbocycles. The van der Waals surface area contributed by atoms with Crippen LogP contribution in [-0.4, -0.2) is 32.9 Å². The Morgan fingerprint density at radius 2 is 1.64 bits per heavy atom. The van der Waals surface area contributed by atoms with Crippen molar-refractivity contribution in [1.29, 1.82) is 0 Å². The number of nitrogens with two attached hydrogens (primary N) is 2. The largest absolute Gasteiger partial charge is 0.490 e. The van der Waals surface area contributed by atoms with Crippen LogP contribution >= 0.6 is 0 Å². The molecule has 13 heteroatoms. The van der Waals surface area contributed by atoms with Gasteiger partial charge in [-0.2, -0.15) is 4.99 Å². The topological polar surface area (TPSA) is 188 Å². The lowest BCUT2D eigenvalue weighted by molar-refractivity contribution is -0.120. The lowest BCUT2D eigenvalue weighted by Gasteiger charge is -2.21. The van der Waals surface area contributed by atoms with Crippen LogP contribution in [0.2, 0.25) is 0 Å². The maximum Gasteiger partial charge on any atom is 0.441 e. The van der Waals surface area contributed by atoms with Gasteiger partial charge < -0.3 is 30.7 Å². The maximum atomic E-state index is 13.8. The zero-order valence-electron chi connectivity index (χ0n) is 25.6. The molecule has 0 fully saturated rings. The molecule has 0 spiro atoms. The van der Waals surface area contributed by atoms with Crippen molar-refractivity contribution >= 4 is 50.2 Å². The molecule has 1 aromatic heterocycles. The number of nitrogens with one attached hydrogen (secondary N) is 2. The molecule has 0 aliphatic carbocycles. The Labute approximate surface area is 271 Å². The number of anilines is 2. The second-order valence-electron chi connectivity index (χ2n) is 10.3. The summed E-state index contributed by atoms with van der Waals surface area (Å²) in [5.41, 5.74) is 13.9. The fourth-order valence-corrected chi connectivity index (χ4v) is 5.67. The Morgan fingerprint density at radius 1 is 0.936 bits per heavy atom. The van der Waals surface area contributed by atoms with Crippen LogP contribution in [0.3, 0.4) is 0 Å². The monoisotopic (exact) mass is 655 g/mol. The summed E-state index contributed by atoms with van der Waals surface area (Å²) in [6.07, 6.45) is -0.249. The van der Waals surface area contributed by atoms with Gasteiger partial charge >= 0.3 is 6.09 Å². The van der Waals surface area contributed by atoms with Crippen LogP contribution in [0, 0.1) is 0 Å². The summed E-state index contributed by atoms with van der Waals surface area (Å²) in [5.74, 6) is 0.516. The van der Waals surface area contributed by atoms with Crippen molar-refractivity contribution in [2.75, 3.05) is 17.7 Å². The second kappa shape index (κ2) is 14.1. The summed E-state index contributed by atoms with van der Waals surface area (Å²) in [6, 6.07) is 24.4. The number of amides is 2. The molecule has 0 bridgehead atoms. The molecule has 242 valence electrons. The van der Waals surface area contributed by atoms with E-state index in [2.05, 4.69) is 15.0 Å². The first-order valence-electron chi connectivity index (χ1n) is 14.7. The highest BCUT2D eigenvalue weighted by Gasteiger charge is 2.28. The van der Waals surface area contributed by atoms with Gasteiger partial charge in [0.1, 0.15) is 23.4 Å². The number of para-hydroxylation sites is 1. The predicted octanol–water partition coefficient (Wildman–Crippen LogP) is 5.54. The van der Waals surface area contributed by atoms with Crippen LogP contribution in [-0.2, 0) is 21.2 Å². The Morgan fingerprint density at radius 3 is 2.30 bits per heavy atom. The lowest BCUT2D eigenvalue weighted by atomic mass is 10.0. The highest BCUT2D eigenvalue weighted by Crippen LogP contribution is 2.34. The first-order valence-corrected chi connectivity index (χ1v) is 16.1.